The number of benzene rings is 1. The highest BCUT2D eigenvalue weighted by atomic mass is 32.2. The van der Waals surface area contributed by atoms with Crippen LogP contribution in [0.3, 0.4) is 0 Å². The molecule has 3 rings (SSSR count). The molecule has 1 heterocycles. The van der Waals surface area contributed by atoms with E-state index < -0.39 is 75.6 Å². The number of hydrogen-bond acceptors (Lipinski definition) is 7. The maximum atomic E-state index is 13.3. The molecular formula is C22H29F3N6O7S. The standard InChI is InChI=1S/C22H29F3N6O7S/c23-22(24,25)13-1-5-16(6-2-13)39(36,37)29-17(20(35)31(12-19(33)34)14-3-4-14)9-18(32)28-10-15-11-30(21(26)27)7-8-38-15/h1-2,5-6,14-15,17,29H,3-4,7-12H2,(H3,26,27)(H,28,32)(H,33,34)/t15?,17-/m0/s1. The summed E-state index contributed by atoms with van der Waals surface area (Å²) in [6.07, 6.45) is -4.97. The van der Waals surface area contributed by atoms with Crippen molar-refractivity contribution in [3.8, 4) is 0 Å². The number of nitrogens with two attached hydrogens (primary N) is 1. The fourth-order valence-electron chi connectivity index (χ4n) is 3.92. The van der Waals surface area contributed by atoms with E-state index in [1.807, 2.05) is 0 Å². The lowest BCUT2D eigenvalue weighted by atomic mass is 10.1. The van der Waals surface area contributed by atoms with Gasteiger partial charge >= 0.3 is 12.1 Å². The molecule has 17 heteroatoms. The van der Waals surface area contributed by atoms with Crippen LogP contribution in [-0.4, -0.2) is 98.0 Å². The summed E-state index contributed by atoms with van der Waals surface area (Å²) in [7, 11) is -4.59. The quantitative estimate of drug-likeness (QED) is 0.170. The lowest BCUT2D eigenvalue weighted by Gasteiger charge is -2.33. The number of alkyl halides is 3. The van der Waals surface area contributed by atoms with Crippen LogP contribution in [0.25, 0.3) is 0 Å². The summed E-state index contributed by atoms with van der Waals surface area (Å²) < 4.78 is 72.1. The number of nitrogens with one attached hydrogen (secondary N) is 3. The monoisotopic (exact) mass is 578 g/mol. The first-order valence-corrected chi connectivity index (χ1v) is 13.3. The first kappa shape index (κ1) is 30.1. The van der Waals surface area contributed by atoms with Gasteiger partial charge in [0.2, 0.25) is 21.8 Å². The van der Waals surface area contributed by atoms with Crippen molar-refractivity contribution in [2.24, 2.45) is 5.73 Å². The van der Waals surface area contributed by atoms with Gasteiger partial charge in [0.1, 0.15) is 12.6 Å². The van der Waals surface area contributed by atoms with Crippen molar-refractivity contribution in [3.05, 3.63) is 29.8 Å². The van der Waals surface area contributed by atoms with Crippen LogP contribution in [-0.2, 0) is 35.3 Å². The van der Waals surface area contributed by atoms with Crippen LogP contribution < -0.4 is 15.8 Å². The molecule has 2 atom stereocenters. The molecule has 13 nitrogen and oxygen atoms in total. The van der Waals surface area contributed by atoms with Gasteiger partial charge in [0.05, 0.1) is 29.6 Å². The topological polar surface area (TPSA) is 195 Å². The zero-order chi connectivity index (χ0) is 29.0. The molecule has 1 unspecified atom stereocenters. The number of rotatable bonds is 11. The Morgan fingerprint density at radius 1 is 1.23 bits per heavy atom. The number of carbonyl (C=O) groups is 3. The molecular weight excluding hydrogens is 549 g/mol. The van der Waals surface area contributed by atoms with Crippen LogP contribution in [0.1, 0.15) is 24.8 Å². The van der Waals surface area contributed by atoms with E-state index in [4.69, 9.17) is 15.9 Å². The molecule has 2 fully saturated rings. The van der Waals surface area contributed by atoms with Gasteiger partial charge in [-0.15, -0.1) is 0 Å². The fourth-order valence-corrected chi connectivity index (χ4v) is 5.11. The number of ether oxygens (including phenoxy) is 1. The Labute approximate surface area is 222 Å². The molecule has 0 bridgehead atoms. The molecule has 1 aliphatic heterocycles. The van der Waals surface area contributed by atoms with Gasteiger partial charge in [0, 0.05) is 25.7 Å². The van der Waals surface area contributed by atoms with Crippen molar-refractivity contribution >= 4 is 33.8 Å². The number of aliphatic carboxylic acids is 1. The van der Waals surface area contributed by atoms with Crippen molar-refractivity contribution in [1.29, 1.82) is 5.41 Å². The number of carboxylic acid groups (broad SMARTS) is 1. The van der Waals surface area contributed by atoms with E-state index in [1.165, 1.54) is 4.90 Å². The summed E-state index contributed by atoms with van der Waals surface area (Å²) in [5, 5.41) is 19.3. The molecule has 1 aromatic rings. The van der Waals surface area contributed by atoms with Crippen LogP contribution in [0, 0.1) is 5.41 Å². The zero-order valence-corrected chi connectivity index (χ0v) is 21.4. The highest BCUT2D eigenvalue weighted by Crippen LogP contribution is 2.30. The summed E-state index contributed by atoms with van der Waals surface area (Å²) in [6.45, 7) is 0.0893. The Morgan fingerprint density at radius 3 is 2.41 bits per heavy atom. The molecule has 2 amide bonds. The van der Waals surface area contributed by atoms with Crippen LogP contribution >= 0.6 is 0 Å². The number of guanidine groups is 1. The van der Waals surface area contributed by atoms with Crippen LogP contribution in [0.4, 0.5) is 13.2 Å². The smallest absolute Gasteiger partial charge is 0.416 e. The van der Waals surface area contributed by atoms with E-state index in [0.29, 0.717) is 43.7 Å². The van der Waals surface area contributed by atoms with Crippen LogP contribution in [0.15, 0.2) is 29.2 Å². The Kier molecular flexibility index (Phi) is 9.39. The minimum atomic E-state index is -4.70. The predicted molar refractivity (Wildman–Crippen MR) is 129 cm³/mol. The average molecular weight is 579 g/mol. The van der Waals surface area contributed by atoms with Gasteiger partial charge in [0.25, 0.3) is 0 Å². The van der Waals surface area contributed by atoms with E-state index in [0.717, 1.165) is 4.90 Å². The summed E-state index contributed by atoms with van der Waals surface area (Å²) in [5.74, 6) is -3.23. The van der Waals surface area contributed by atoms with E-state index in [1.54, 1.807) is 0 Å². The van der Waals surface area contributed by atoms with E-state index in [2.05, 4.69) is 10.0 Å². The minimum Gasteiger partial charge on any atom is -0.480 e. The number of carboxylic acids is 1. The average Bonchev–Trinajstić information content (AvgIpc) is 3.70. The molecule has 1 aliphatic carbocycles. The van der Waals surface area contributed by atoms with Gasteiger partial charge in [-0.25, -0.2) is 8.42 Å². The summed E-state index contributed by atoms with van der Waals surface area (Å²) in [6, 6.07) is 0.371. The van der Waals surface area contributed by atoms with Crippen molar-refractivity contribution < 1.29 is 45.8 Å². The van der Waals surface area contributed by atoms with E-state index in [9.17, 15) is 41.1 Å². The fraction of sp³-hybridized carbons (Fsp3) is 0.545. The highest BCUT2D eigenvalue weighted by molar-refractivity contribution is 7.89. The lowest BCUT2D eigenvalue weighted by Crippen LogP contribution is -2.53. The zero-order valence-electron chi connectivity index (χ0n) is 20.6. The first-order chi connectivity index (χ1) is 18.2. The summed E-state index contributed by atoms with van der Waals surface area (Å²) in [5.41, 5.74) is 4.39. The van der Waals surface area contributed by atoms with Gasteiger partial charge in [-0.2, -0.15) is 17.9 Å². The maximum absolute atomic E-state index is 13.3. The van der Waals surface area contributed by atoms with Gasteiger partial charge in [0.15, 0.2) is 5.96 Å². The number of sulfonamides is 1. The number of amides is 2. The third-order valence-electron chi connectivity index (χ3n) is 6.06. The number of hydrogen-bond donors (Lipinski definition) is 5. The van der Waals surface area contributed by atoms with Gasteiger partial charge in [-0.3, -0.25) is 19.8 Å². The minimum absolute atomic E-state index is 0.0450. The maximum Gasteiger partial charge on any atom is 0.416 e. The van der Waals surface area contributed by atoms with Crippen molar-refractivity contribution in [3.63, 3.8) is 0 Å². The van der Waals surface area contributed by atoms with E-state index >= 15 is 0 Å². The summed E-state index contributed by atoms with van der Waals surface area (Å²) in [4.78, 5) is 39.2. The van der Waals surface area contributed by atoms with Crippen molar-refractivity contribution in [2.45, 2.75) is 48.5 Å². The van der Waals surface area contributed by atoms with Gasteiger partial charge in [-0.05, 0) is 37.1 Å². The molecule has 1 saturated carbocycles. The number of nitrogens with zero attached hydrogens (tertiary/aromatic N) is 2. The van der Waals surface area contributed by atoms with Crippen molar-refractivity contribution in [1.82, 2.24) is 19.8 Å². The number of morpholine rings is 1. The second kappa shape index (κ2) is 12.2. The van der Waals surface area contributed by atoms with Crippen LogP contribution in [0.5, 0.6) is 0 Å². The van der Waals surface area contributed by atoms with Gasteiger partial charge in [-0.1, -0.05) is 0 Å². The lowest BCUT2D eigenvalue weighted by molar-refractivity contribution is -0.146. The second-order valence-corrected chi connectivity index (χ2v) is 10.8. The van der Waals surface area contributed by atoms with Gasteiger partial charge < -0.3 is 30.7 Å². The Hall–Kier alpha value is -3.44. The number of carbonyl (C=O) groups excluding carboxylic acids is 2. The normalized spacial score (nSPS) is 18.7. The second-order valence-electron chi connectivity index (χ2n) is 9.12. The molecule has 1 aromatic carbocycles. The number of halogens is 3. The molecule has 6 N–H and O–H groups in total. The molecule has 0 radical (unpaired) electrons. The van der Waals surface area contributed by atoms with E-state index in [-0.39, 0.29) is 25.7 Å². The third-order valence-corrected chi connectivity index (χ3v) is 7.55. The highest BCUT2D eigenvalue weighted by Gasteiger charge is 2.39. The molecule has 1 saturated heterocycles. The van der Waals surface area contributed by atoms with Crippen molar-refractivity contribution in [2.75, 3.05) is 32.8 Å². The molecule has 2 aliphatic rings. The Balaban J connectivity index is 1.75. The summed E-state index contributed by atoms with van der Waals surface area (Å²) >= 11 is 0. The Morgan fingerprint density at radius 2 is 1.87 bits per heavy atom. The molecule has 0 aromatic heterocycles. The predicted octanol–water partition coefficient (Wildman–Crippen LogP) is -0.472. The molecule has 216 valence electrons. The third kappa shape index (κ3) is 8.52. The largest absolute Gasteiger partial charge is 0.480 e. The molecule has 0 spiro atoms. The Bertz CT molecular complexity index is 1190. The first-order valence-electron chi connectivity index (χ1n) is 11.9. The van der Waals surface area contributed by atoms with Crippen LogP contribution in [0.2, 0.25) is 0 Å². The SMILES string of the molecule is N=C(N)N1CCOC(CNC(=O)C[C@H](NS(=O)(=O)c2ccc(C(F)(F)F)cc2)C(=O)N(CC(=O)O)C2CC2)C1. The molecule has 39 heavy (non-hydrogen) atoms.